The van der Waals surface area contributed by atoms with Crippen LogP contribution in [0.25, 0.3) is 0 Å². The average Bonchev–Trinajstić information content (AvgIpc) is 2.61. The van der Waals surface area contributed by atoms with Crippen molar-refractivity contribution in [1.82, 2.24) is 10.2 Å². The molecule has 0 spiro atoms. The van der Waals surface area contributed by atoms with Crippen molar-refractivity contribution in [2.24, 2.45) is 0 Å². The van der Waals surface area contributed by atoms with Crippen molar-refractivity contribution in [3.8, 4) is 0 Å². The van der Waals surface area contributed by atoms with Crippen LogP contribution >= 0.6 is 11.6 Å². The van der Waals surface area contributed by atoms with Gasteiger partial charge in [0.05, 0.1) is 10.7 Å². The number of anilines is 1. The van der Waals surface area contributed by atoms with Crippen LogP contribution in [0.1, 0.15) is 25.8 Å². The first-order chi connectivity index (χ1) is 9.58. The number of hydrogen-bond acceptors (Lipinski definition) is 3. The maximum Gasteiger partial charge on any atom is 0.0642 e. The molecule has 4 heteroatoms. The Labute approximate surface area is 127 Å². The van der Waals surface area contributed by atoms with Gasteiger partial charge >= 0.3 is 0 Å². The van der Waals surface area contributed by atoms with Crippen LogP contribution in [0.4, 0.5) is 5.69 Å². The summed E-state index contributed by atoms with van der Waals surface area (Å²) in [4.78, 5) is 4.84. The predicted molar refractivity (Wildman–Crippen MR) is 87.8 cm³/mol. The molecule has 3 nitrogen and oxygen atoms in total. The fourth-order valence-electron chi connectivity index (χ4n) is 2.64. The molecule has 1 N–H and O–H groups in total. The van der Waals surface area contributed by atoms with Gasteiger partial charge in [0.15, 0.2) is 0 Å². The van der Waals surface area contributed by atoms with Crippen LogP contribution in [0, 0.1) is 0 Å². The minimum atomic E-state index is 0.483. The third-order valence-corrected chi connectivity index (χ3v) is 4.11. The molecule has 1 aliphatic heterocycles. The number of likely N-dealkylation sites (N-methyl/N-ethyl adjacent to an activating group) is 1. The van der Waals surface area contributed by atoms with E-state index in [0.29, 0.717) is 6.04 Å². The van der Waals surface area contributed by atoms with Gasteiger partial charge in [-0.25, -0.2) is 0 Å². The molecule has 112 valence electrons. The van der Waals surface area contributed by atoms with E-state index in [9.17, 15) is 0 Å². The third kappa shape index (κ3) is 4.11. The zero-order valence-electron chi connectivity index (χ0n) is 12.8. The van der Waals surface area contributed by atoms with Gasteiger partial charge < -0.3 is 15.1 Å². The summed E-state index contributed by atoms with van der Waals surface area (Å²) in [5, 5.41) is 4.37. The largest absolute Gasteiger partial charge is 0.369 e. The minimum Gasteiger partial charge on any atom is -0.369 e. The van der Waals surface area contributed by atoms with Gasteiger partial charge in [0.1, 0.15) is 0 Å². The summed E-state index contributed by atoms with van der Waals surface area (Å²) in [5.41, 5.74) is 2.52. The maximum absolute atomic E-state index is 6.48. The van der Waals surface area contributed by atoms with Crippen LogP contribution in [0.2, 0.25) is 5.02 Å². The Morgan fingerprint density at radius 2 is 2.00 bits per heavy atom. The van der Waals surface area contributed by atoms with E-state index < -0.39 is 0 Å². The van der Waals surface area contributed by atoms with Crippen LogP contribution in [0.5, 0.6) is 0 Å². The second kappa shape index (κ2) is 7.30. The Bertz CT molecular complexity index is 434. The van der Waals surface area contributed by atoms with E-state index in [2.05, 4.69) is 42.1 Å². The van der Waals surface area contributed by atoms with Gasteiger partial charge in [0.25, 0.3) is 0 Å². The number of hydrogen-bond donors (Lipinski definition) is 1. The highest BCUT2D eigenvalue weighted by molar-refractivity contribution is 6.33. The molecule has 20 heavy (non-hydrogen) atoms. The Morgan fingerprint density at radius 1 is 1.20 bits per heavy atom. The monoisotopic (exact) mass is 295 g/mol. The molecule has 1 aromatic rings. The molecule has 1 saturated heterocycles. The lowest BCUT2D eigenvalue weighted by Gasteiger charge is -2.27. The number of rotatable bonds is 4. The second-order valence-electron chi connectivity index (χ2n) is 5.93. The maximum atomic E-state index is 6.48. The molecular formula is C16H26ClN3. The fourth-order valence-corrected chi connectivity index (χ4v) is 2.95. The van der Waals surface area contributed by atoms with E-state index in [1.54, 1.807) is 0 Å². The molecule has 0 saturated carbocycles. The van der Waals surface area contributed by atoms with Gasteiger partial charge in [-0.15, -0.1) is 0 Å². The fraction of sp³-hybridized carbons (Fsp3) is 0.625. The van der Waals surface area contributed by atoms with Crippen LogP contribution in [-0.2, 0) is 6.54 Å². The van der Waals surface area contributed by atoms with Gasteiger partial charge in [-0.05, 0) is 31.6 Å². The zero-order valence-corrected chi connectivity index (χ0v) is 13.6. The summed E-state index contributed by atoms with van der Waals surface area (Å²) in [6.07, 6.45) is 1.19. The topological polar surface area (TPSA) is 18.5 Å². The van der Waals surface area contributed by atoms with E-state index in [1.165, 1.54) is 24.2 Å². The summed E-state index contributed by atoms with van der Waals surface area (Å²) >= 11 is 6.48. The van der Waals surface area contributed by atoms with Gasteiger partial charge in [-0.1, -0.05) is 37.6 Å². The molecule has 1 fully saturated rings. The minimum absolute atomic E-state index is 0.483. The molecule has 1 heterocycles. The molecule has 1 aliphatic rings. The molecule has 0 aromatic heterocycles. The molecule has 0 bridgehead atoms. The summed E-state index contributed by atoms with van der Waals surface area (Å²) in [6.45, 7) is 9.62. The first-order valence-electron chi connectivity index (χ1n) is 7.52. The van der Waals surface area contributed by atoms with Crippen LogP contribution in [0.3, 0.4) is 0 Å². The van der Waals surface area contributed by atoms with Crippen LogP contribution in [0.15, 0.2) is 18.2 Å². The van der Waals surface area contributed by atoms with Crippen molar-refractivity contribution < 1.29 is 0 Å². The molecule has 2 rings (SSSR count). The van der Waals surface area contributed by atoms with Crippen molar-refractivity contribution in [2.45, 2.75) is 32.9 Å². The van der Waals surface area contributed by atoms with Crippen molar-refractivity contribution in [3.05, 3.63) is 28.8 Å². The Kier molecular flexibility index (Phi) is 5.70. The van der Waals surface area contributed by atoms with Gasteiger partial charge in [0.2, 0.25) is 0 Å². The SMILES string of the molecule is CC(C)NCc1cccc(Cl)c1N1CCCN(C)CC1. The summed E-state index contributed by atoms with van der Waals surface area (Å²) in [7, 11) is 2.19. The standard InChI is InChI=1S/C16H26ClN3/c1-13(2)18-12-14-6-4-7-15(17)16(14)20-9-5-8-19(3)10-11-20/h4,6-7,13,18H,5,8-12H2,1-3H3. The van der Waals surface area contributed by atoms with E-state index in [1.807, 2.05) is 12.1 Å². The lowest BCUT2D eigenvalue weighted by molar-refractivity contribution is 0.360. The number of benzene rings is 1. The first kappa shape index (κ1) is 15.6. The van der Waals surface area contributed by atoms with Crippen molar-refractivity contribution in [1.29, 1.82) is 0 Å². The Balaban J connectivity index is 2.19. The molecular weight excluding hydrogens is 270 g/mol. The summed E-state index contributed by atoms with van der Waals surface area (Å²) < 4.78 is 0. The molecule has 0 unspecified atom stereocenters. The molecule has 0 radical (unpaired) electrons. The smallest absolute Gasteiger partial charge is 0.0642 e. The quantitative estimate of drug-likeness (QED) is 0.921. The number of para-hydroxylation sites is 1. The number of halogens is 1. The van der Waals surface area contributed by atoms with Gasteiger partial charge in [-0.3, -0.25) is 0 Å². The molecule has 0 amide bonds. The molecule has 0 atom stereocenters. The van der Waals surface area contributed by atoms with Crippen molar-refractivity contribution >= 4 is 17.3 Å². The highest BCUT2D eigenvalue weighted by Gasteiger charge is 2.18. The van der Waals surface area contributed by atoms with Crippen molar-refractivity contribution in [2.75, 3.05) is 38.1 Å². The zero-order chi connectivity index (χ0) is 14.5. The second-order valence-corrected chi connectivity index (χ2v) is 6.33. The summed E-state index contributed by atoms with van der Waals surface area (Å²) in [6, 6.07) is 6.72. The van der Waals surface area contributed by atoms with E-state index in [0.717, 1.165) is 31.2 Å². The van der Waals surface area contributed by atoms with Crippen LogP contribution < -0.4 is 10.2 Å². The molecule has 0 aliphatic carbocycles. The normalized spacial score (nSPS) is 17.6. The number of nitrogens with zero attached hydrogens (tertiary/aromatic N) is 2. The lowest BCUT2D eigenvalue weighted by Crippen LogP contribution is -2.31. The van der Waals surface area contributed by atoms with Crippen LogP contribution in [-0.4, -0.2) is 44.2 Å². The predicted octanol–water partition coefficient (Wildman–Crippen LogP) is 2.98. The molecule has 1 aromatic carbocycles. The Morgan fingerprint density at radius 3 is 2.75 bits per heavy atom. The third-order valence-electron chi connectivity index (χ3n) is 3.81. The van der Waals surface area contributed by atoms with Gasteiger partial charge in [0, 0.05) is 32.2 Å². The lowest BCUT2D eigenvalue weighted by atomic mass is 10.1. The van der Waals surface area contributed by atoms with Crippen molar-refractivity contribution in [3.63, 3.8) is 0 Å². The highest BCUT2D eigenvalue weighted by Crippen LogP contribution is 2.30. The van der Waals surface area contributed by atoms with E-state index >= 15 is 0 Å². The average molecular weight is 296 g/mol. The van der Waals surface area contributed by atoms with E-state index in [-0.39, 0.29) is 0 Å². The van der Waals surface area contributed by atoms with E-state index in [4.69, 9.17) is 11.6 Å². The Hall–Kier alpha value is -0.770. The summed E-state index contributed by atoms with van der Waals surface area (Å²) in [5.74, 6) is 0. The van der Waals surface area contributed by atoms with Gasteiger partial charge in [-0.2, -0.15) is 0 Å². The highest BCUT2D eigenvalue weighted by atomic mass is 35.5. The number of nitrogens with one attached hydrogen (secondary N) is 1. The first-order valence-corrected chi connectivity index (χ1v) is 7.90.